The topological polar surface area (TPSA) is 108 Å². The van der Waals surface area contributed by atoms with Crippen molar-refractivity contribution in [2.24, 2.45) is 0 Å². The molecule has 1 unspecified atom stereocenters. The summed E-state index contributed by atoms with van der Waals surface area (Å²) < 4.78 is 16.0. The van der Waals surface area contributed by atoms with Crippen LogP contribution in [0.4, 0.5) is 15.9 Å². The van der Waals surface area contributed by atoms with Gasteiger partial charge in [0.05, 0.1) is 11.5 Å². The second-order valence-electron chi connectivity index (χ2n) is 6.52. The molecule has 1 aromatic carbocycles. The Bertz CT molecular complexity index is 1090. The van der Waals surface area contributed by atoms with E-state index in [9.17, 15) is 19.3 Å². The smallest absolute Gasteiger partial charge is 0.307 e. The molecule has 0 aliphatic heterocycles. The van der Waals surface area contributed by atoms with Crippen LogP contribution in [0.2, 0.25) is 5.02 Å². The molecule has 0 saturated carbocycles. The van der Waals surface area contributed by atoms with Gasteiger partial charge in [-0.05, 0) is 38.5 Å². The standard InChI is InChI=1S/C18H18ClFN6O3/c1-10-17(26(28)29)11(2)25(22-10)12(3)18(27)21-16-6-7-24(23-16)9-13-4-5-14(20)8-15(13)19/h4-8,12H,9H2,1-3H3,(H,21,23,27). The summed E-state index contributed by atoms with van der Waals surface area (Å²) in [6.45, 7) is 4.96. The number of nitro groups is 1. The zero-order valence-corrected chi connectivity index (χ0v) is 16.6. The van der Waals surface area contributed by atoms with Gasteiger partial charge in [-0.25, -0.2) is 4.39 Å². The van der Waals surface area contributed by atoms with Crippen molar-refractivity contribution in [1.82, 2.24) is 19.6 Å². The van der Waals surface area contributed by atoms with E-state index < -0.39 is 22.7 Å². The number of aromatic nitrogens is 4. The van der Waals surface area contributed by atoms with Crippen LogP contribution >= 0.6 is 11.6 Å². The van der Waals surface area contributed by atoms with Crippen molar-refractivity contribution in [3.63, 3.8) is 0 Å². The van der Waals surface area contributed by atoms with Crippen molar-refractivity contribution >= 4 is 29.0 Å². The second kappa shape index (κ2) is 8.00. The van der Waals surface area contributed by atoms with E-state index >= 15 is 0 Å². The Morgan fingerprint density at radius 2 is 2.07 bits per heavy atom. The fraction of sp³-hybridized carbons (Fsp3) is 0.278. The van der Waals surface area contributed by atoms with Gasteiger partial charge in [0.1, 0.15) is 23.2 Å². The molecular weight excluding hydrogens is 403 g/mol. The number of halogens is 2. The van der Waals surface area contributed by atoms with Crippen LogP contribution in [0.3, 0.4) is 0 Å². The highest BCUT2D eigenvalue weighted by molar-refractivity contribution is 6.31. The molecule has 152 valence electrons. The Kier molecular flexibility index (Phi) is 5.64. The molecule has 9 nitrogen and oxygen atoms in total. The molecule has 1 N–H and O–H groups in total. The lowest BCUT2D eigenvalue weighted by Gasteiger charge is -2.12. The Labute approximate surface area is 170 Å². The first kappa shape index (κ1) is 20.5. The Morgan fingerprint density at radius 3 is 2.69 bits per heavy atom. The lowest BCUT2D eigenvalue weighted by molar-refractivity contribution is -0.386. The maximum absolute atomic E-state index is 13.1. The lowest BCUT2D eigenvalue weighted by atomic mass is 10.2. The van der Waals surface area contributed by atoms with E-state index in [1.807, 2.05) is 0 Å². The van der Waals surface area contributed by atoms with E-state index in [4.69, 9.17) is 11.6 Å². The summed E-state index contributed by atoms with van der Waals surface area (Å²) in [5.41, 5.74) is 1.11. The van der Waals surface area contributed by atoms with Gasteiger partial charge in [0.25, 0.3) is 0 Å². The molecule has 1 atom stereocenters. The normalized spacial score (nSPS) is 12.0. The summed E-state index contributed by atoms with van der Waals surface area (Å²) >= 11 is 6.02. The Balaban J connectivity index is 1.72. The first-order chi connectivity index (χ1) is 13.7. The summed E-state index contributed by atoms with van der Waals surface area (Å²) in [6, 6.07) is 4.92. The first-order valence-electron chi connectivity index (χ1n) is 8.65. The number of hydrogen-bond donors (Lipinski definition) is 1. The fourth-order valence-corrected chi connectivity index (χ4v) is 3.21. The van der Waals surface area contributed by atoms with Crippen LogP contribution in [-0.2, 0) is 11.3 Å². The number of carbonyl (C=O) groups is 1. The maximum Gasteiger partial charge on any atom is 0.312 e. The number of hydrogen-bond acceptors (Lipinski definition) is 5. The molecular formula is C18H18ClFN6O3. The van der Waals surface area contributed by atoms with Gasteiger partial charge in [-0.3, -0.25) is 24.3 Å². The van der Waals surface area contributed by atoms with E-state index in [0.717, 1.165) is 0 Å². The van der Waals surface area contributed by atoms with Gasteiger partial charge in [0.15, 0.2) is 5.82 Å². The van der Waals surface area contributed by atoms with Gasteiger partial charge < -0.3 is 5.32 Å². The molecule has 0 bridgehead atoms. The van der Waals surface area contributed by atoms with Gasteiger partial charge in [-0.2, -0.15) is 10.2 Å². The average molecular weight is 421 g/mol. The number of rotatable bonds is 6. The van der Waals surface area contributed by atoms with Crippen LogP contribution in [-0.4, -0.2) is 30.4 Å². The number of aryl methyl sites for hydroxylation is 1. The van der Waals surface area contributed by atoms with E-state index in [-0.39, 0.29) is 16.4 Å². The van der Waals surface area contributed by atoms with Crippen LogP contribution in [0.15, 0.2) is 30.5 Å². The zero-order valence-electron chi connectivity index (χ0n) is 15.9. The Hall–Kier alpha value is -3.27. The molecule has 11 heteroatoms. The van der Waals surface area contributed by atoms with E-state index in [1.54, 1.807) is 36.9 Å². The monoisotopic (exact) mass is 420 g/mol. The quantitative estimate of drug-likeness (QED) is 0.483. The van der Waals surface area contributed by atoms with Crippen molar-refractivity contribution < 1.29 is 14.1 Å². The SMILES string of the molecule is Cc1nn(C(C)C(=O)Nc2ccn(Cc3ccc(F)cc3Cl)n2)c(C)c1[N+](=O)[O-]. The van der Waals surface area contributed by atoms with E-state index in [0.29, 0.717) is 23.6 Å². The van der Waals surface area contributed by atoms with E-state index in [2.05, 4.69) is 15.5 Å². The highest BCUT2D eigenvalue weighted by atomic mass is 35.5. The van der Waals surface area contributed by atoms with Crippen LogP contribution in [0, 0.1) is 29.8 Å². The van der Waals surface area contributed by atoms with Gasteiger partial charge in [-0.15, -0.1) is 0 Å². The minimum absolute atomic E-state index is 0.106. The highest BCUT2D eigenvalue weighted by Gasteiger charge is 2.27. The van der Waals surface area contributed by atoms with Crippen molar-refractivity contribution in [2.45, 2.75) is 33.4 Å². The largest absolute Gasteiger partial charge is 0.312 e. The number of amides is 1. The molecule has 1 amide bonds. The van der Waals surface area contributed by atoms with Gasteiger partial charge >= 0.3 is 5.69 Å². The molecule has 0 radical (unpaired) electrons. The van der Waals surface area contributed by atoms with E-state index in [1.165, 1.54) is 23.7 Å². The summed E-state index contributed by atoms with van der Waals surface area (Å²) in [7, 11) is 0. The molecule has 0 aliphatic rings. The van der Waals surface area contributed by atoms with Crippen LogP contribution in [0.25, 0.3) is 0 Å². The summed E-state index contributed by atoms with van der Waals surface area (Å²) in [5.74, 6) is -0.544. The maximum atomic E-state index is 13.1. The van der Waals surface area contributed by atoms with Crippen LogP contribution < -0.4 is 5.32 Å². The summed E-state index contributed by atoms with van der Waals surface area (Å²) in [5, 5.41) is 22.5. The molecule has 0 aliphatic carbocycles. The minimum atomic E-state index is -0.779. The molecule has 2 heterocycles. The Morgan fingerprint density at radius 1 is 1.34 bits per heavy atom. The summed E-state index contributed by atoms with van der Waals surface area (Å²) in [4.78, 5) is 23.2. The number of carbonyl (C=O) groups excluding carboxylic acids is 1. The second-order valence-corrected chi connectivity index (χ2v) is 6.93. The molecule has 0 saturated heterocycles. The molecule has 0 fully saturated rings. The average Bonchev–Trinajstić information content (AvgIpc) is 3.20. The third-order valence-corrected chi connectivity index (χ3v) is 4.81. The highest BCUT2D eigenvalue weighted by Crippen LogP contribution is 2.25. The van der Waals surface area contributed by atoms with Crippen molar-refractivity contribution in [2.75, 3.05) is 5.32 Å². The van der Waals surface area contributed by atoms with Gasteiger partial charge in [0, 0.05) is 17.3 Å². The number of nitrogens with one attached hydrogen (secondary N) is 1. The van der Waals surface area contributed by atoms with Crippen LogP contribution in [0.1, 0.15) is 29.9 Å². The lowest BCUT2D eigenvalue weighted by Crippen LogP contribution is -2.25. The zero-order chi connectivity index (χ0) is 21.3. The molecule has 0 spiro atoms. The van der Waals surface area contributed by atoms with Gasteiger partial charge in [-0.1, -0.05) is 17.7 Å². The number of anilines is 1. The summed E-state index contributed by atoms with van der Waals surface area (Å²) in [6.07, 6.45) is 1.65. The third kappa shape index (κ3) is 4.27. The minimum Gasteiger partial charge on any atom is -0.307 e. The van der Waals surface area contributed by atoms with Crippen LogP contribution in [0.5, 0.6) is 0 Å². The molecule has 3 rings (SSSR count). The third-order valence-electron chi connectivity index (χ3n) is 4.46. The number of nitrogens with zero attached hydrogens (tertiary/aromatic N) is 5. The molecule has 3 aromatic rings. The van der Waals surface area contributed by atoms with Crippen molar-refractivity contribution in [1.29, 1.82) is 0 Å². The predicted molar refractivity (Wildman–Crippen MR) is 104 cm³/mol. The van der Waals surface area contributed by atoms with Crippen molar-refractivity contribution in [3.05, 3.63) is 68.4 Å². The first-order valence-corrected chi connectivity index (χ1v) is 9.03. The van der Waals surface area contributed by atoms with Crippen molar-refractivity contribution in [3.8, 4) is 0 Å². The number of benzene rings is 1. The fourth-order valence-electron chi connectivity index (χ4n) is 2.98. The molecule has 29 heavy (non-hydrogen) atoms. The molecule has 2 aromatic heterocycles. The predicted octanol–water partition coefficient (Wildman–Crippen LogP) is 3.65. The van der Waals surface area contributed by atoms with Gasteiger partial charge in [0.2, 0.25) is 5.91 Å².